The van der Waals surface area contributed by atoms with Crippen LogP contribution in [0.5, 0.6) is 0 Å². The van der Waals surface area contributed by atoms with Crippen molar-refractivity contribution in [3.63, 3.8) is 0 Å². The SMILES string of the molecule is CC1=C(Br)S[C@@H]2[C@@H](Cl)C(=O)N2C1C(=O)O. The van der Waals surface area contributed by atoms with E-state index >= 15 is 0 Å². The Hall–Kier alpha value is -0.200. The van der Waals surface area contributed by atoms with E-state index in [0.29, 0.717) is 5.57 Å². The van der Waals surface area contributed by atoms with Crippen LogP contribution >= 0.6 is 39.3 Å². The third-order valence-corrected chi connectivity index (χ3v) is 5.50. The minimum Gasteiger partial charge on any atom is -0.479 e. The van der Waals surface area contributed by atoms with Gasteiger partial charge in [0.2, 0.25) is 5.91 Å². The van der Waals surface area contributed by atoms with Crippen molar-refractivity contribution in [1.29, 1.82) is 0 Å². The molecule has 0 aromatic heterocycles. The van der Waals surface area contributed by atoms with Crippen LogP contribution < -0.4 is 0 Å². The number of hydrogen-bond donors (Lipinski definition) is 1. The van der Waals surface area contributed by atoms with E-state index < -0.39 is 17.4 Å². The first-order chi connectivity index (χ1) is 6.95. The summed E-state index contributed by atoms with van der Waals surface area (Å²) in [4.78, 5) is 23.8. The predicted octanol–water partition coefficient (Wildman–Crippen LogP) is 1.59. The molecule has 0 radical (unpaired) electrons. The molecule has 0 aromatic carbocycles. The number of carboxylic acids is 1. The molecule has 1 N–H and O–H groups in total. The summed E-state index contributed by atoms with van der Waals surface area (Å²) in [6.07, 6.45) is 0. The van der Waals surface area contributed by atoms with Crippen molar-refractivity contribution < 1.29 is 14.7 Å². The normalized spacial score (nSPS) is 35.0. The van der Waals surface area contributed by atoms with Gasteiger partial charge in [0.15, 0.2) is 6.04 Å². The highest BCUT2D eigenvalue weighted by molar-refractivity contribution is 9.14. The van der Waals surface area contributed by atoms with Gasteiger partial charge in [-0.2, -0.15) is 0 Å². The van der Waals surface area contributed by atoms with Crippen LogP contribution in [-0.2, 0) is 9.59 Å². The molecule has 7 heteroatoms. The maximum Gasteiger partial charge on any atom is 0.330 e. The first-order valence-corrected chi connectivity index (χ1v) is 6.28. The molecule has 0 saturated carbocycles. The Balaban J connectivity index is 2.39. The Morgan fingerprint density at radius 2 is 2.27 bits per heavy atom. The molecule has 2 aliphatic heterocycles. The zero-order chi connectivity index (χ0) is 11.3. The lowest BCUT2D eigenvalue weighted by atomic mass is 10.0. The zero-order valence-corrected chi connectivity index (χ0v) is 10.8. The lowest BCUT2D eigenvalue weighted by Crippen LogP contribution is -2.67. The standard InChI is InChI=1S/C8H7BrClNO3S/c1-2-4(8(13)14)11-6(12)3(10)7(11)15-5(2)9/h3-4,7H,1H3,(H,13,14)/t3-,4?,7+/m0/s1. The van der Waals surface area contributed by atoms with Crippen LogP contribution in [0.15, 0.2) is 9.39 Å². The number of β-lactam (4-membered cyclic amide) rings is 1. The van der Waals surface area contributed by atoms with Gasteiger partial charge in [0.25, 0.3) is 0 Å². The number of carboxylic acid groups (broad SMARTS) is 1. The first kappa shape index (κ1) is 11.3. The van der Waals surface area contributed by atoms with Crippen LogP contribution in [0.1, 0.15) is 6.92 Å². The van der Waals surface area contributed by atoms with E-state index in [4.69, 9.17) is 16.7 Å². The number of fused-ring (bicyclic) bond motifs is 1. The quantitative estimate of drug-likeness (QED) is 0.590. The molecule has 0 aromatic rings. The smallest absolute Gasteiger partial charge is 0.330 e. The highest BCUT2D eigenvalue weighted by atomic mass is 79.9. The minimum absolute atomic E-state index is 0.265. The van der Waals surface area contributed by atoms with Gasteiger partial charge < -0.3 is 10.0 Å². The minimum atomic E-state index is -1.02. The number of carbonyl (C=O) groups is 2. The average Bonchev–Trinajstić information content (AvgIpc) is 2.20. The fourth-order valence-corrected chi connectivity index (χ4v) is 3.92. The van der Waals surface area contributed by atoms with E-state index in [0.717, 1.165) is 3.81 Å². The Bertz CT molecular complexity index is 386. The molecule has 2 rings (SSSR count). The van der Waals surface area contributed by atoms with E-state index in [2.05, 4.69) is 15.9 Å². The molecule has 1 amide bonds. The van der Waals surface area contributed by atoms with E-state index in [1.165, 1.54) is 16.7 Å². The second-order valence-electron chi connectivity index (χ2n) is 3.35. The summed E-state index contributed by atoms with van der Waals surface area (Å²) in [7, 11) is 0. The molecule has 82 valence electrons. The Kier molecular flexibility index (Phi) is 2.77. The van der Waals surface area contributed by atoms with Gasteiger partial charge in [0, 0.05) is 0 Å². The molecule has 4 nitrogen and oxygen atoms in total. The van der Waals surface area contributed by atoms with Crippen molar-refractivity contribution in [2.45, 2.75) is 23.7 Å². The molecule has 15 heavy (non-hydrogen) atoms. The van der Waals surface area contributed by atoms with Crippen LogP contribution in [-0.4, -0.2) is 38.7 Å². The number of aliphatic carboxylic acids is 1. The molecule has 1 saturated heterocycles. The van der Waals surface area contributed by atoms with Gasteiger partial charge in [-0.3, -0.25) is 4.79 Å². The summed E-state index contributed by atoms with van der Waals surface area (Å²) in [5, 5.41) is 8.17. The molecule has 0 aliphatic carbocycles. The van der Waals surface area contributed by atoms with Crippen molar-refractivity contribution in [3.8, 4) is 0 Å². The van der Waals surface area contributed by atoms with Crippen LogP contribution in [0, 0.1) is 0 Å². The maximum absolute atomic E-state index is 11.4. The molecule has 2 heterocycles. The van der Waals surface area contributed by atoms with Gasteiger partial charge in [0.1, 0.15) is 10.8 Å². The fourth-order valence-electron chi connectivity index (χ4n) is 1.66. The van der Waals surface area contributed by atoms with Crippen molar-refractivity contribution in [3.05, 3.63) is 9.39 Å². The number of alkyl halides is 1. The van der Waals surface area contributed by atoms with Gasteiger partial charge in [-0.15, -0.1) is 11.6 Å². The summed E-state index contributed by atoms with van der Waals surface area (Å²) < 4.78 is 0.759. The van der Waals surface area contributed by atoms with Gasteiger partial charge >= 0.3 is 5.97 Å². The molecule has 0 bridgehead atoms. The number of carbonyl (C=O) groups excluding carboxylic acids is 1. The van der Waals surface area contributed by atoms with Crippen molar-refractivity contribution in [2.24, 2.45) is 0 Å². The number of hydrogen-bond acceptors (Lipinski definition) is 3. The molecule has 1 unspecified atom stereocenters. The molecule has 1 fully saturated rings. The zero-order valence-electron chi connectivity index (χ0n) is 7.61. The lowest BCUT2D eigenvalue weighted by Gasteiger charge is -2.49. The molecular formula is C8H7BrClNO3S. The third kappa shape index (κ3) is 1.50. The fraction of sp³-hybridized carbons (Fsp3) is 0.500. The second kappa shape index (κ2) is 3.68. The van der Waals surface area contributed by atoms with Crippen molar-refractivity contribution in [1.82, 2.24) is 4.90 Å². The second-order valence-corrected chi connectivity index (χ2v) is 6.27. The molecule has 0 spiro atoms. The van der Waals surface area contributed by atoms with E-state index in [1.54, 1.807) is 6.92 Å². The first-order valence-electron chi connectivity index (χ1n) is 4.17. The summed E-state index contributed by atoms with van der Waals surface area (Å²) in [5.74, 6) is -1.33. The monoisotopic (exact) mass is 311 g/mol. The Morgan fingerprint density at radius 3 is 2.80 bits per heavy atom. The lowest BCUT2D eigenvalue weighted by molar-refractivity contribution is -0.155. The van der Waals surface area contributed by atoms with E-state index in [1.807, 2.05) is 0 Å². The number of rotatable bonds is 1. The Morgan fingerprint density at radius 1 is 1.67 bits per heavy atom. The summed E-state index contributed by atoms with van der Waals surface area (Å²) in [5.41, 5.74) is 0.640. The van der Waals surface area contributed by atoms with Crippen molar-refractivity contribution >= 4 is 51.2 Å². The van der Waals surface area contributed by atoms with Crippen LogP contribution in [0.25, 0.3) is 0 Å². The largest absolute Gasteiger partial charge is 0.479 e. The van der Waals surface area contributed by atoms with Gasteiger partial charge in [-0.1, -0.05) is 11.8 Å². The number of halogens is 2. The van der Waals surface area contributed by atoms with Gasteiger partial charge in [-0.05, 0) is 28.4 Å². The van der Waals surface area contributed by atoms with E-state index in [-0.39, 0.29) is 11.3 Å². The Labute approximate surface area is 104 Å². The van der Waals surface area contributed by atoms with Crippen LogP contribution in [0.4, 0.5) is 0 Å². The topological polar surface area (TPSA) is 57.6 Å². The molecular weight excluding hydrogens is 306 g/mol. The molecule has 2 aliphatic rings. The number of thioether (sulfide) groups is 1. The highest BCUT2D eigenvalue weighted by Gasteiger charge is 2.55. The van der Waals surface area contributed by atoms with Crippen LogP contribution in [0.3, 0.4) is 0 Å². The third-order valence-electron chi connectivity index (χ3n) is 2.47. The summed E-state index contributed by atoms with van der Waals surface area (Å²) in [6, 6.07) is -0.881. The number of amides is 1. The summed E-state index contributed by atoms with van der Waals surface area (Å²) in [6.45, 7) is 1.70. The maximum atomic E-state index is 11.4. The van der Waals surface area contributed by atoms with Crippen molar-refractivity contribution in [2.75, 3.05) is 0 Å². The predicted molar refractivity (Wildman–Crippen MR) is 60.9 cm³/mol. The average molecular weight is 313 g/mol. The van der Waals surface area contributed by atoms with E-state index in [9.17, 15) is 9.59 Å². The summed E-state index contributed by atoms with van der Waals surface area (Å²) >= 11 is 10.5. The molecule has 3 atom stereocenters. The van der Waals surface area contributed by atoms with Crippen LogP contribution in [0.2, 0.25) is 0 Å². The highest BCUT2D eigenvalue weighted by Crippen LogP contribution is 2.47. The van der Waals surface area contributed by atoms with Gasteiger partial charge in [-0.25, -0.2) is 4.79 Å². The van der Waals surface area contributed by atoms with Gasteiger partial charge in [0.05, 0.1) is 3.81 Å². The number of nitrogens with zero attached hydrogens (tertiary/aromatic N) is 1.